The molecule has 20 heavy (non-hydrogen) atoms. The Morgan fingerprint density at radius 3 is 2.70 bits per heavy atom. The van der Waals surface area contributed by atoms with E-state index in [0.717, 1.165) is 0 Å². The van der Waals surface area contributed by atoms with Crippen LogP contribution in [-0.2, 0) is 4.79 Å². The zero-order chi connectivity index (χ0) is 14.1. The number of hydrogen-bond acceptors (Lipinski definition) is 3. The summed E-state index contributed by atoms with van der Waals surface area (Å²) in [6.07, 6.45) is 3.08. The number of benzene rings is 1. The van der Waals surface area contributed by atoms with Gasteiger partial charge >= 0.3 is 5.97 Å². The highest BCUT2D eigenvalue weighted by Crippen LogP contribution is 2.36. The Balaban J connectivity index is 2.00. The summed E-state index contributed by atoms with van der Waals surface area (Å²) in [4.78, 5) is 29.2. The summed E-state index contributed by atoms with van der Waals surface area (Å²) in [5.74, 6) is -1.82. The molecule has 1 aliphatic heterocycles. The standard InChI is InChI=1S/C15H12N2O3/c18-14(10-4-3-7-16-8-10)17-9-12(15(19)20)11-5-1-2-6-13(11)17/h1-8,12H,9H2,(H,19,20). The van der Waals surface area contributed by atoms with Crippen LogP contribution in [0.15, 0.2) is 48.8 Å². The average Bonchev–Trinajstić information content (AvgIpc) is 2.87. The van der Waals surface area contributed by atoms with Crippen molar-refractivity contribution in [3.8, 4) is 0 Å². The van der Waals surface area contributed by atoms with Crippen molar-refractivity contribution in [2.75, 3.05) is 11.4 Å². The van der Waals surface area contributed by atoms with Crippen LogP contribution >= 0.6 is 0 Å². The lowest BCUT2D eigenvalue weighted by Gasteiger charge is -2.17. The van der Waals surface area contributed by atoms with Crippen LogP contribution in [-0.4, -0.2) is 28.5 Å². The topological polar surface area (TPSA) is 70.5 Å². The Morgan fingerprint density at radius 1 is 1.20 bits per heavy atom. The van der Waals surface area contributed by atoms with E-state index in [2.05, 4.69) is 4.98 Å². The van der Waals surface area contributed by atoms with Crippen molar-refractivity contribution in [2.45, 2.75) is 5.92 Å². The van der Waals surface area contributed by atoms with Gasteiger partial charge in [-0.2, -0.15) is 0 Å². The van der Waals surface area contributed by atoms with Crippen molar-refractivity contribution >= 4 is 17.6 Å². The highest BCUT2D eigenvalue weighted by atomic mass is 16.4. The second-order valence-corrected chi connectivity index (χ2v) is 4.61. The highest BCUT2D eigenvalue weighted by molar-refractivity contribution is 6.08. The molecule has 1 unspecified atom stereocenters. The van der Waals surface area contributed by atoms with Gasteiger partial charge in [-0.25, -0.2) is 0 Å². The fourth-order valence-corrected chi connectivity index (χ4v) is 2.46. The zero-order valence-corrected chi connectivity index (χ0v) is 10.6. The largest absolute Gasteiger partial charge is 0.481 e. The van der Waals surface area contributed by atoms with Crippen molar-refractivity contribution < 1.29 is 14.7 Å². The highest BCUT2D eigenvalue weighted by Gasteiger charge is 2.36. The third-order valence-electron chi connectivity index (χ3n) is 3.42. The summed E-state index contributed by atoms with van der Waals surface area (Å²) >= 11 is 0. The molecule has 1 atom stereocenters. The van der Waals surface area contributed by atoms with E-state index in [9.17, 15) is 14.7 Å². The number of carbonyl (C=O) groups excluding carboxylic acids is 1. The first kappa shape index (κ1) is 12.3. The molecule has 0 saturated heterocycles. The third-order valence-corrected chi connectivity index (χ3v) is 3.42. The Labute approximate surface area is 115 Å². The number of hydrogen-bond donors (Lipinski definition) is 1. The van der Waals surface area contributed by atoms with E-state index >= 15 is 0 Å². The first-order chi connectivity index (χ1) is 9.68. The van der Waals surface area contributed by atoms with E-state index in [0.29, 0.717) is 16.8 Å². The molecule has 5 heteroatoms. The summed E-state index contributed by atoms with van der Waals surface area (Å²) in [6, 6.07) is 10.5. The van der Waals surface area contributed by atoms with Crippen LogP contribution in [0.3, 0.4) is 0 Å². The van der Waals surface area contributed by atoms with Gasteiger partial charge in [0.05, 0.1) is 5.56 Å². The maximum atomic E-state index is 12.5. The van der Waals surface area contributed by atoms with Crippen LogP contribution in [0.4, 0.5) is 5.69 Å². The molecule has 1 aromatic heterocycles. The number of fused-ring (bicyclic) bond motifs is 1. The number of aliphatic carboxylic acids is 1. The molecule has 2 heterocycles. The Bertz CT molecular complexity index is 670. The predicted octanol–water partition coefficient (Wildman–Crippen LogP) is 1.91. The van der Waals surface area contributed by atoms with Gasteiger partial charge in [0.1, 0.15) is 5.92 Å². The minimum absolute atomic E-state index is 0.155. The number of carbonyl (C=O) groups is 2. The number of anilines is 1. The van der Waals surface area contributed by atoms with Gasteiger partial charge in [0.15, 0.2) is 0 Å². The summed E-state index contributed by atoms with van der Waals surface area (Å²) < 4.78 is 0. The molecule has 1 aromatic carbocycles. The lowest BCUT2D eigenvalue weighted by molar-refractivity contribution is -0.138. The first-order valence-electron chi connectivity index (χ1n) is 6.22. The van der Waals surface area contributed by atoms with Gasteiger partial charge in [0.25, 0.3) is 5.91 Å². The summed E-state index contributed by atoms with van der Waals surface area (Å²) in [6.45, 7) is 0.155. The quantitative estimate of drug-likeness (QED) is 0.903. The Hall–Kier alpha value is -2.69. The lowest BCUT2D eigenvalue weighted by atomic mass is 10.0. The molecule has 1 aliphatic rings. The second kappa shape index (κ2) is 4.77. The zero-order valence-electron chi connectivity index (χ0n) is 10.6. The smallest absolute Gasteiger partial charge is 0.312 e. The molecule has 100 valence electrons. The molecular formula is C15H12N2O3. The average molecular weight is 268 g/mol. The van der Waals surface area contributed by atoms with Gasteiger partial charge in [-0.05, 0) is 23.8 Å². The number of nitrogens with zero attached hydrogens (tertiary/aromatic N) is 2. The summed E-state index contributed by atoms with van der Waals surface area (Å²) in [5, 5.41) is 9.28. The normalized spacial score (nSPS) is 16.8. The molecule has 0 radical (unpaired) electrons. The minimum Gasteiger partial charge on any atom is -0.481 e. The number of aromatic nitrogens is 1. The van der Waals surface area contributed by atoms with Gasteiger partial charge in [0, 0.05) is 24.6 Å². The molecule has 0 aliphatic carbocycles. The third kappa shape index (κ3) is 1.93. The van der Waals surface area contributed by atoms with Gasteiger partial charge in [-0.15, -0.1) is 0 Å². The van der Waals surface area contributed by atoms with Gasteiger partial charge in [-0.3, -0.25) is 14.6 Å². The monoisotopic (exact) mass is 268 g/mol. The van der Waals surface area contributed by atoms with E-state index in [4.69, 9.17) is 0 Å². The molecule has 0 saturated carbocycles. The van der Waals surface area contributed by atoms with E-state index in [-0.39, 0.29) is 12.5 Å². The number of pyridine rings is 1. The second-order valence-electron chi connectivity index (χ2n) is 4.61. The Kier molecular flexibility index (Phi) is 2.95. The summed E-state index contributed by atoms with van der Waals surface area (Å²) in [5.41, 5.74) is 1.79. The van der Waals surface area contributed by atoms with E-state index in [1.165, 1.54) is 11.1 Å². The van der Waals surface area contributed by atoms with Crippen molar-refractivity contribution in [2.24, 2.45) is 0 Å². The van der Waals surface area contributed by atoms with Crippen LogP contribution in [0.5, 0.6) is 0 Å². The molecule has 0 fully saturated rings. The van der Waals surface area contributed by atoms with Gasteiger partial charge in [0.2, 0.25) is 0 Å². The predicted molar refractivity (Wildman–Crippen MR) is 72.7 cm³/mol. The van der Waals surface area contributed by atoms with Crippen molar-refractivity contribution in [3.63, 3.8) is 0 Å². The molecule has 5 nitrogen and oxygen atoms in total. The number of amides is 1. The molecule has 0 bridgehead atoms. The van der Waals surface area contributed by atoms with Gasteiger partial charge in [-0.1, -0.05) is 18.2 Å². The van der Waals surface area contributed by atoms with Gasteiger partial charge < -0.3 is 10.0 Å². The molecule has 3 rings (SSSR count). The molecular weight excluding hydrogens is 256 g/mol. The maximum absolute atomic E-state index is 12.5. The Morgan fingerprint density at radius 2 is 2.00 bits per heavy atom. The maximum Gasteiger partial charge on any atom is 0.312 e. The van der Waals surface area contributed by atoms with Crippen molar-refractivity contribution in [1.82, 2.24) is 4.98 Å². The number of rotatable bonds is 2. The summed E-state index contributed by atoms with van der Waals surface area (Å²) in [7, 11) is 0. The molecule has 2 aromatic rings. The van der Waals surface area contributed by atoms with E-state index in [1.54, 1.807) is 42.6 Å². The van der Waals surface area contributed by atoms with Crippen LogP contribution in [0.2, 0.25) is 0 Å². The van der Waals surface area contributed by atoms with Crippen LogP contribution < -0.4 is 4.90 Å². The molecule has 0 spiro atoms. The van der Waals surface area contributed by atoms with E-state index in [1.807, 2.05) is 0 Å². The SMILES string of the molecule is O=C(O)C1CN(C(=O)c2cccnc2)c2ccccc21. The van der Waals surface area contributed by atoms with Crippen LogP contribution in [0.1, 0.15) is 21.8 Å². The van der Waals surface area contributed by atoms with Crippen molar-refractivity contribution in [1.29, 1.82) is 0 Å². The first-order valence-corrected chi connectivity index (χ1v) is 6.22. The lowest BCUT2D eigenvalue weighted by Crippen LogP contribution is -2.31. The fourth-order valence-electron chi connectivity index (χ4n) is 2.46. The van der Waals surface area contributed by atoms with E-state index < -0.39 is 11.9 Å². The fraction of sp³-hybridized carbons (Fsp3) is 0.133. The number of carboxylic acid groups (broad SMARTS) is 1. The molecule has 1 N–H and O–H groups in total. The van der Waals surface area contributed by atoms with Crippen molar-refractivity contribution in [3.05, 3.63) is 59.9 Å². The molecule has 1 amide bonds. The van der Waals surface area contributed by atoms with Crippen LogP contribution in [0, 0.1) is 0 Å². The minimum atomic E-state index is -0.918. The van der Waals surface area contributed by atoms with Crippen LogP contribution in [0.25, 0.3) is 0 Å². The number of carboxylic acids is 1. The number of para-hydroxylation sites is 1.